The molecule has 0 heterocycles. The first-order chi connectivity index (χ1) is 8.65. The third-order valence-electron chi connectivity index (χ3n) is 2.45. The van der Waals surface area contributed by atoms with Gasteiger partial charge in [0.05, 0.1) is 11.9 Å². The lowest BCUT2D eigenvalue weighted by Gasteiger charge is -2.02. The Balaban J connectivity index is 2.05. The van der Waals surface area contributed by atoms with Gasteiger partial charge in [-0.1, -0.05) is 29.8 Å². The zero-order valence-corrected chi connectivity index (χ0v) is 10.6. The van der Waals surface area contributed by atoms with Gasteiger partial charge in [0.1, 0.15) is 5.75 Å². The van der Waals surface area contributed by atoms with Gasteiger partial charge in [0.15, 0.2) is 0 Å². The number of nitrogens with zero attached hydrogens (tertiary/aromatic N) is 1. The van der Waals surface area contributed by atoms with Crippen molar-refractivity contribution in [1.29, 1.82) is 0 Å². The van der Waals surface area contributed by atoms with Crippen LogP contribution in [0.5, 0.6) is 5.75 Å². The monoisotopic (exact) mass is 260 g/mol. The van der Waals surface area contributed by atoms with Gasteiger partial charge >= 0.3 is 0 Å². The number of aromatic hydroxyl groups is 1. The Labute approximate surface area is 111 Å². The molecule has 0 aliphatic carbocycles. The lowest BCUT2D eigenvalue weighted by molar-refractivity contribution is 0.475. The number of nitrogens with one attached hydrogen (secondary N) is 1. The normalized spacial score (nSPS) is 10.8. The average molecular weight is 261 g/mol. The number of anilines is 1. The third kappa shape index (κ3) is 3.25. The van der Waals surface area contributed by atoms with Crippen molar-refractivity contribution in [3.8, 4) is 5.75 Å². The Morgan fingerprint density at radius 2 is 2.06 bits per heavy atom. The highest BCUT2D eigenvalue weighted by Gasteiger charge is 1.96. The highest BCUT2D eigenvalue weighted by molar-refractivity contribution is 6.31. The summed E-state index contributed by atoms with van der Waals surface area (Å²) in [5.74, 6) is 0.220. The molecular weight excluding hydrogens is 248 g/mol. The van der Waals surface area contributed by atoms with E-state index in [1.165, 1.54) is 0 Å². The summed E-state index contributed by atoms with van der Waals surface area (Å²) in [6, 6.07) is 12.5. The second-order valence-electron chi connectivity index (χ2n) is 3.93. The summed E-state index contributed by atoms with van der Waals surface area (Å²) in [7, 11) is 0. The van der Waals surface area contributed by atoms with Crippen molar-refractivity contribution in [2.45, 2.75) is 6.92 Å². The minimum Gasteiger partial charge on any atom is -0.508 e. The van der Waals surface area contributed by atoms with Crippen molar-refractivity contribution < 1.29 is 5.11 Å². The molecule has 0 aliphatic heterocycles. The molecule has 0 aliphatic rings. The Morgan fingerprint density at radius 1 is 1.22 bits per heavy atom. The van der Waals surface area contributed by atoms with Crippen LogP contribution < -0.4 is 5.43 Å². The van der Waals surface area contributed by atoms with E-state index in [-0.39, 0.29) is 5.75 Å². The Hall–Kier alpha value is -2.00. The van der Waals surface area contributed by atoms with Crippen LogP contribution in [0, 0.1) is 6.92 Å². The predicted octanol–water partition coefficient (Wildman–Crippen LogP) is 3.80. The molecule has 18 heavy (non-hydrogen) atoms. The van der Waals surface area contributed by atoms with Crippen LogP contribution in [0.25, 0.3) is 0 Å². The largest absolute Gasteiger partial charge is 0.508 e. The Kier molecular flexibility index (Phi) is 3.85. The predicted molar refractivity (Wildman–Crippen MR) is 75.5 cm³/mol. The van der Waals surface area contributed by atoms with E-state index in [0.29, 0.717) is 5.02 Å². The quantitative estimate of drug-likeness (QED) is 0.651. The van der Waals surface area contributed by atoms with Gasteiger partial charge in [-0.15, -0.1) is 0 Å². The maximum absolute atomic E-state index is 9.30. The highest BCUT2D eigenvalue weighted by Crippen LogP contribution is 2.19. The molecule has 0 aromatic heterocycles. The van der Waals surface area contributed by atoms with Crippen molar-refractivity contribution in [2.75, 3.05) is 5.43 Å². The summed E-state index contributed by atoms with van der Waals surface area (Å²) in [6.07, 6.45) is 1.63. The summed E-state index contributed by atoms with van der Waals surface area (Å²) in [5.41, 5.74) is 5.55. The van der Waals surface area contributed by atoms with E-state index in [0.717, 1.165) is 16.8 Å². The molecule has 2 aromatic rings. The maximum Gasteiger partial charge on any atom is 0.116 e. The number of benzene rings is 2. The number of halogens is 1. The molecule has 0 bridgehead atoms. The standard InChI is InChI=1S/C14H13ClN2O/c1-10-5-6-12(8-14(10)15)17-16-9-11-3-2-4-13(18)7-11/h2-9,17-18H,1H3. The number of hydrogen-bond acceptors (Lipinski definition) is 3. The van der Waals surface area contributed by atoms with Crippen LogP contribution >= 0.6 is 11.6 Å². The first kappa shape index (κ1) is 12.5. The highest BCUT2D eigenvalue weighted by atomic mass is 35.5. The van der Waals surface area contributed by atoms with E-state index in [9.17, 15) is 5.11 Å². The topological polar surface area (TPSA) is 44.6 Å². The van der Waals surface area contributed by atoms with E-state index >= 15 is 0 Å². The summed E-state index contributed by atoms with van der Waals surface area (Å²) in [5, 5.41) is 14.1. The van der Waals surface area contributed by atoms with Gasteiger partial charge in [0.25, 0.3) is 0 Å². The minimum absolute atomic E-state index is 0.220. The van der Waals surface area contributed by atoms with Gasteiger partial charge < -0.3 is 5.11 Å². The fourth-order valence-electron chi connectivity index (χ4n) is 1.45. The zero-order valence-electron chi connectivity index (χ0n) is 9.89. The van der Waals surface area contributed by atoms with Crippen molar-refractivity contribution in [3.05, 3.63) is 58.6 Å². The molecule has 0 spiro atoms. The summed E-state index contributed by atoms with van der Waals surface area (Å²) < 4.78 is 0. The first-order valence-electron chi connectivity index (χ1n) is 5.49. The molecule has 0 unspecified atom stereocenters. The summed E-state index contributed by atoms with van der Waals surface area (Å²) in [4.78, 5) is 0. The second-order valence-corrected chi connectivity index (χ2v) is 4.34. The van der Waals surface area contributed by atoms with E-state index in [1.807, 2.05) is 31.2 Å². The number of phenols is 1. The molecule has 0 saturated heterocycles. The molecule has 92 valence electrons. The van der Waals surface area contributed by atoms with Gasteiger partial charge in [-0.3, -0.25) is 5.43 Å². The smallest absolute Gasteiger partial charge is 0.116 e. The van der Waals surface area contributed by atoms with E-state index in [4.69, 9.17) is 11.6 Å². The van der Waals surface area contributed by atoms with Crippen LogP contribution in [0.3, 0.4) is 0 Å². The van der Waals surface area contributed by atoms with Crippen LogP contribution in [0.1, 0.15) is 11.1 Å². The van der Waals surface area contributed by atoms with Crippen molar-refractivity contribution in [1.82, 2.24) is 0 Å². The molecule has 2 N–H and O–H groups in total. The fraction of sp³-hybridized carbons (Fsp3) is 0.0714. The van der Waals surface area contributed by atoms with Crippen LogP contribution in [0.4, 0.5) is 5.69 Å². The molecule has 0 amide bonds. The lowest BCUT2D eigenvalue weighted by atomic mass is 10.2. The van der Waals surface area contributed by atoms with Gasteiger partial charge in [0.2, 0.25) is 0 Å². The minimum atomic E-state index is 0.220. The number of hydrazone groups is 1. The number of aryl methyl sites for hydroxylation is 1. The molecule has 0 saturated carbocycles. The molecule has 2 rings (SSSR count). The number of hydrogen-bond donors (Lipinski definition) is 2. The van der Waals surface area contributed by atoms with Gasteiger partial charge in [-0.05, 0) is 42.3 Å². The zero-order chi connectivity index (χ0) is 13.0. The lowest BCUT2D eigenvalue weighted by Crippen LogP contribution is -1.91. The van der Waals surface area contributed by atoms with Crippen LogP contribution in [0.2, 0.25) is 5.02 Å². The van der Waals surface area contributed by atoms with Gasteiger partial charge in [-0.2, -0.15) is 5.10 Å². The molecular formula is C14H13ClN2O. The van der Waals surface area contributed by atoms with E-state index < -0.39 is 0 Å². The van der Waals surface area contributed by atoms with Crippen molar-refractivity contribution in [2.24, 2.45) is 5.10 Å². The van der Waals surface area contributed by atoms with Crippen LogP contribution in [-0.2, 0) is 0 Å². The van der Waals surface area contributed by atoms with Crippen molar-refractivity contribution in [3.63, 3.8) is 0 Å². The fourth-order valence-corrected chi connectivity index (χ4v) is 1.63. The second kappa shape index (κ2) is 5.56. The van der Waals surface area contributed by atoms with E-state index in [1.54, 1.807) is 24.4 Å². The van der Waals surface area contributed by atoms with Crippen LogP contribution in [0.15, 0.2) is 47.6 Å². The number of phenolic OH excluding ortho intramolecular Hbond substituents is 1. The van der Waals surface area contributed by atoms with Gasteiger partial charge in [0, 0.05) is 5.02 Å². The third-order valence-corrected chi connectivity index (χ3v) is 2.86. The molecule has 0 fully saturated rings. The SMILES string of the molecule is Cc1ccc(NN=Cc2cccc(O)c2)cc1Cl. The molecule has 2 aromatic carbocycles. The van der Waals surface area contributed by atoms with E-state index in [2.05, 4.69) is 10.5 Å². The maximum atomic E-state index is 9.30. The Bertz CT molecular complexity index is 582. The molecule has 0 radical (unpaired) electrons. The average Bonchev–Trinajstić information content (AvgIpc) is 2.34. The molecule has 3 nitrogen and oxygen atoms in total. The first-order valence-corrected chi connectivity index (χ1v) is 5.87. The molecule has 0 atom stereocenters. The summed E-state index contributed by atoms with van der Waals surface area (Å²) in [6.45, 7) is 1.95. The molecule has 4 heteroatoms. The van der Waals surface area contributed by atoms with Crippen LogP contribution in [-0.4, -0.2) is 11.3 Å². The van der Waals surface area contributed by atoms with Crippen molar-refractivity contribution >= 4 is 23.5 Å². The summed E-state index contributed by atoms with van der Waals surface area (Å²) >= 11 is 6.01. The number of rotatable bonds is 3. The Morgan fingerprint density at radius 3 is 2.78 bits per heavy atom. The van der Waals surface area contributed by atoms with Gasteiger partial charge in [-0.25, -0.2) is 0 Å².